The number of esters is 2. The number of furan rings is 1. The van der Waals surface area contributed by atoms with Crippen LogP contribution >= 0.6 is 15.9 Å². The molecule has 1 fully saturated rings. The van der Waals surface area contributed by atoms with Gasteiger partial charge in [0.25, 0.3) is 11.7 Å². The van der Waals surface area contributed by atoms with Gasteiger partial charge >= 0.3 is 11.9 Å². The van der Waals surface area contributed by atoms with E-state index >= 15 is 0 Å². The number of sulfone groups is 1. The standard InChI is InChI=1S/C18H18BrNO8S/c1-18(2)27-16(22)10(17(23)28-18)6-7-11-12(19)14(29(3,24)25)13(26-11)15(21)20-8-4-5-9-20/h4-5,8-10H,6-7H2,1-3H3. The Morgan fingerprint density at radius 2 is 1.72 bits per heavy atom. The molecule has 0 aromatic carbocycles. The molecule has 29 heavy (non-hydrogen) atoms. The van der Waals surface area contributed by atoms with Crippen molar-refractivity contribution >= 4 is 43.6 Å². The fourth-order valence-corrected chi connectivity index (χ4v) is 5.16. The van der Waals surface area contributed by atoms with Crippen LogP contribution in [0.15, 0.2) is 38.3 Å². The second-order valence-electron chi connectivity index (χ2n) is 7.00. The first kappa shape index (κ1) is 21.3. The van der Waals surface area contributed by atoms with E-state index in [1.807, 2.05) is 0 Å². The van der Waals surface area contributed by atoms with Crippen LogP contribution in [0.5, 0.6) is 0 Å². The summed E-state index contributed by atoms with van der Waals surface area (Å²) in [6.45, 7) is 2.89. The Morgan fingerprint density at radius 3 is 2.24 bits per heavy atom. The van der Waals surface area contributed by atoms with Crippen molar-refractivity contribution in [3.05, 3.63) is 40.5 Å². The van der Waals surface area contributed by atoms with Gasteiger partial charge in [0.2, 0.25) is 5.76 Å². The predicted molar refractivity (Wildman–Crippen MR) is 102 cm³/mol. The minimum atomic E-state index is -3.82. The molecular weight excluding hydrogens is 470 g/mol. The lowest BCUT2D eigenvalue weighted by Crippen LogP contribution is -2.46. The molecule has 0 unspecified atom stereocenters. The Labute approximate surface area is 175 Å². The lowest BCUT2D eigenvalue weighted by atomic mass is 10.0. The number of nitrogens with zero attached hydrogens (tertiary/aromatic N) is 1. The molecule has 0 aliphatic carbocycles. The third-order valence-electron chi connectivity index (χ3n) is 4.20. The summed E-state index contributed by atoms with van der Waals surface area (Å²) in [6.07, 6.45) is 3.83. The van der Waals surface area contributed by atoms with Crippen molar-refractivity contribution in [2.45, 2.75) is 37.4 Å². The van der Waals surface area contributed by atoms with Crippen LogP contribution in [0.25, 0.3) is 0 Å². The summed E-state index contributed by atoms with van der Waals surface area (Å²) >= 11 is 3.18. The molecule has 0 saturated carbocycles. The van der Waals surface area contributed by atoms with E-state index in [-0.39, 0.29) is 33.7 Å². The average molecular weight is 488 g/mol. The lowest BCUT2D eigenvalue weighted by Gasteiger charge is -2.32. The third-order valence-corrected chi connectivity index (χ3v) is 6.43. The summed E-state index contributed by atoms with van der Waals surface area (Å²) in [5.74, 6) is -4.89. The number of ether oxygens (including phenoxy) is 2. The van der Waals surface area contributed by atoms with Gasteiger partial charge in [0.15, 0.2) is 15.8 Å². The number of carbonyl (C=O) groups is 3. The normalized spacial score (nSPS) is 17.1. The minimum absolute atomic E-state index is 0.00262. The minimum Gasteiger partial charge on any atom is -0.453 e. The maximum Gasteiger partial charge on any atom is 0.323 e. The topological polar surface area (TPSA) is 122 Å². The monoisotopic (exact) mass is 487 g/mol. The van der Waals surface area contributed by atoms with Crippen LogP contribution in [0, 0.1) is 5.92 Å². The Hall–Kier alpha value is -2.40. The van der Waals surface area contributed by atoms with Crippen molar-refractivity contribution in [3.63, 3.8) is 0 Å². The van der Waals surface area contributed by atoms with E-state index in [4.69, 9.17) is 13.9 Å². The van der Waals surface area contributed by atoms with Gasteiger partial charge in [-0.3, -0.25) is 19.0 Å². The van der Waals surface area contributed by atoms with E-state index in [1.165, 1.54) is 30.8 Å². The van der Waals surface area contributed by atoms with Gasteiger partial charge < -0.3 is 13.9 Å². The fourth-order valence-electron chi connectivity index (χ4n) is 2.92. The molecule has 3 heterocycles. The largest absolute Gasteiger partial charge is 0.453 e. The van der Waals surface area contributed by atoms with Crippen LogP contribution in [0.2, 0.25) is 0 Å². The number of hydrogen-bond acceptors (Lipinski definition) is 8. The summed E-state index contributed by atoms with van der Waals surface area (Å²) < 4.78 is 41.4. The van der Waals surface area contributed by atoms with Gasteiger partial charge in [-0.15, -0.1) is 0 Å². The molecule has 9 nitrogen and oxygen atoms in total. The summed E-state index contributed by atoms with van der Waals surface area (Å²) in [7, 11) is -3.82. The van der Waals surface area contributed by atoms with Crippen LogP contribution in [0.3, 0.4) is 0 Å². The van der Waals surface area contributed by atoms with Crippen LogP contribution < -0.4 is 0 Å². The molecule has 1 saturated heterocycles. The number of halogens is 1. The summed E-state index contributed by atoms with van der Waals surface area (Å²) in [5, 5.41) is 0. The van der Waals surface area contributed by atoms with E-state index in [0.717, 1.165) is 6.26 Å². The van der Waals surface area contributed by atoms with Crippen molar-refractivity contribution < 1.29 is 36.7 Å². The zero-order chi connectivity index (χ0) is 21.6. The smallest absolute Gasteiger partial charge is 0.323 e. The maximum absolute atomic E-state index is 12.7. The molecule has 11 heteroatoms. The third kappa shape index (κ3) is 4.30. The van der Waals surface area contributed by atoms with Crippen molar-refractivity contribution in [2.24, 2.45) is 5.92 Å². The van der Waals surface area contributed by atoms with E-state index in [2.05, 4.69) is 15.9 Å². The van der Waals surface area contributed by atoms with Gasteiger partial charge in [0, 0.05) is 38.9 Å². The Morgan fingerprint density at radius 1 is 1.17 bits per heavy atom. The summed E-state index contributed by atoms with van der Waals surface area (Å²) in [6, 6.07) is 3.22. The molecule has 1 aliphatic rings. The first-order chi connectivity index (χ1) is 13.4. The Balaban J connectivity index is 1.90. The van der Waals surface area contributed by atoms with Gasteiger partial charge in [0.1, 0.15) is 10.7 Å². The Bertz CT molecular complexity index is 1060. The van der Waals surface area contributed by atoms with Gasteiger partial charge in [-0.05, 0) is 34.5 Å². The zero-order valence-corrected chi connectivity index (χ0v) is 18.2. The highest BCUT2D eigenvalue weighted by molar-refractivity contribution is 9.10. The molecule has 0 N–H and O–H groups in total. The maximum atomic E-state index is 12.7. The molecule has 2 aromatic rings. The summed E-state index contributed by atoms with van der Waals surface area (Å²) in [4.78, 5) is 36.6. The molecule has 0 bridgehead atoms. The predicted octanol–water partition coefficient (Wildman–Crippen LogP) is 2.32. The van der Waals surface area contributed by atoms with Crippen molar-refractivity contribution in [1.82, 2.24) is 4.57 Å². The average Bonchev–Trinajstić information content (AvgIpc) is 3.20. The second-order valence-corrected chi connectivity index (χ2v) is 9.74. The van der Waals surface area contributed by atoms with Crippen molar-refractivity contribution in [2.75, 3.05) is 6.26 Å². The van der Waals surface area contributed by atoms with Gasteiger partial charge in [-0.25, -0.2) is 8.42 Å². The molecule has 0 atom stereocenters. The number of carbonyl (C=O) groups excluding carboxylic acids is 3. The molecule has 0 amide bonds. The molecule has 156 valence electrons. The van der Waals surface area contributed by atoms with Crippen LogP contribution in [0.4, 0.5) is 0 Å². The highest BCUT2D eigenvalue weighted by Gasteiger charge is 2.43. The van der Waals surface area contributed by atoms with Gasteiger partial charge in [-0.2, -0.15) is 0 Å². The van der Waals surface area contributed by atoms with E-state index < -0.39 is 39.4 Å². The quantitative estimate of drug-likeness (QED) is 0.465. The van der Waals surface area contributed by atoms with E-state index in [0.29, 0.717) is 0 Å². The molecule has 0 spiro atoms. The molecule has 2 aromatic heterocycles. The fraction of sp³-hybridized carbons (Fsp3) is 0.389. The SMILES string of the molecule is CC1(C)OC(=O)C(CCc2oc(C(=O)n3cccc3)c(S(C)(=O)=O)c2Br)C(=O)O1. The highest BCUT2D eigenvalue weighted by atomic mass is 79.9. The van der Waals surface area contributed by atoms with Crippen molar-refractivity contribution in [1.29, 1.82) is 0 Å². The van der Waals surface area contributed by atoms with Crippen LogP contribution in [0.1, 0.15) is 36.6 Å². The Kier molecular flexibility index (Phi) is 5.48. The first-order valence-corrected chi connectivity index (χ1v) is 11.2. The first-order valence-electron chi connectivity index (χ1n) is 8.55. The number of aromatic nitrogens is 1. The lowest BCUT2D eigenvalue weighted by molar-refractivity contribution is -0.240. The van der Waals surface area contributed by atoms with Crippen LogP contribution in [-0.2, 0) is 35.3 Å². The molecule has 0 radical (unpaired) electrons. The number of cyclic esters (lactones) is 2. The van der Waals surface area contributed by atoms with Crippen molar-refractivity contribution in [3.8, 4) is 0 Å². The highest BCUT2D eigenvalue weighted by Crippen LogP contribution is 2.35. The molecule has 3 rings (SSSR count). The number of hydrogen-bond donors (Lipinski definition) is 0. The van der Waals surface area contributed by atoms with E-state index in [1.54, 1.807) is 12.1 Å². The number of aryl methyl sites for hydroxylation is 1. The number of rotatable bonds is 5. The second kappa shape index (κ2) is 7.45. The van der Waals surface area contributed by atoms with Gasteiger partial charge in [0.05, 0.1) is 4.47 Å². The summed E-state index contributed by atoms with van der Waals surface area (Å²) in [5.41, 5.74) is 0. The van der Waals surface area contributed by atoms with E-state index in [9.17, 15) is 22.8 Å². The zero-order valence-electron chi connectivity index (χ0n) is 15.8. The van der Waals surface area contributed by atoms with Crippen LogP contribution in [-0.4, -0.2) is 42.9 Å². The molecular formula is C18H18BrNO8S. The van der Waals surface area contributed by atoms with Gasteiger partial charge in [-0.1, -0.05) is 0 Å². The molecule has 1 aliphatic heterocycles.